The fourth-order valence-electron chi connectivity index (χ4n) is 5.22. The summed E-state index contributed by atoms with van der Waals surface area (Å²) >= 11 is 3.56. The van der Waals surface area contributed by atoms with Crippen molar-refractivity contribution in [1.82, 2.24) is 0 Å². The number of furan rings is 2. The molecular weight excluding hydrogens is 544 g/mol. The molecule has 6 aromatic carbocycles. The highest BCUT2D eigenvalue weighted by Gasteiger charge is 2.13. The first-order chi connectivity index (χ1) is 19.3. The standard InChI is InChI=1S/C18H11BrO.C18H12O/c19-16-11-5-10-15-14-9-4-8-13(17(14)20-18(15)16)12-6-2-1-3-7-12;1-2-7-13(8-3-1)14-10-6-11-16-15-9-4-5-12-17(15)19-18(14)16/h1-11H;1-12H. The summed E-state index contributed by atoms with van der Waals surface area (Å²) in [6, 6.07) is 47.6. The topological polar surface area (TPSA) is 26.3 Å². The van der Waals surface area contributed by atoms with E-state index in [-0.39, 0.29) is 0 Å². The second-order valence-electron chi connectivity index (χ2n) is 9.41. The van der Waals surface area contributed by atoms with E-state index < -0.39 is 0 Å². The monoisotopic (exact) mass is 566 g/mol. The molecule has 0 aliphatic carbocycles. The average molecular weight is 567 g/mol. The minimum atomic E-state index is 0.908. The van der Waals surface area contributed by atoms with Crippen molar-refractivity contribution in [1.29, 1.82) is 0 Å². The maximum atomic E-state index is 6.12. The number of fused-ring (bicyclic) bond motifs is 6. The zero-order valence-electron chi connectivity index (χ0n) is 21.0. The van der Waals surface area contributed by atoms with Crippen LogP contribution in [-0.4, -0.2) is 0 Å². The van der Waals surface area contributed by atoms with Gasteiger partial charge in [0.05, 0.1) is 4.47 Å². The second kappa shape index (κ2) is 9.94. The maximum absolute atomic E-state index is 6.12. The van der Waals surface area contributed by atoms with E-state index in [1.54, 1.807) is 0 Å². The molecule has 0 saturated carbocycles. The summed E-state index contributed by atoms with van der Waals surface area (Å²) in [5, 5.41) is 4.65. The highest BCUT2D eigenvalue weighted by atomic mass is 79.9. The van der Waals surface area contributed by atoms with Crippen molar-refractivity contribution >= 4 is 59.8 Å². The molecule has 2 nitrogen and oxygen atoms in total. The minimum Gasteiger partial charge on any atom is -0.455 e. The molecule has 0 bridgehead atoms. The van der Waals surface area contributed by atoms with Gasteiger partial charge < -0.3 is 8.83 Å². The van der Waals surface area contributed by atoms with Gasteiger partial charge in [-0.3, -0.25) is 0 Å². The van der Waals surface area contributed by atoms with Gasteiger partial charge in [-0.25, -0.2) is 0 Å². The van der Waals surface area contributed by atoms with Gasteiger partial charge in [0.1, 0.15) is 22.3 Å². The number of rotatable bonds is 2. The Balaban J connectivity index is 0.000000130. The van der Waals surface area contributed by atoms with E-state index in [1.807, 2.05) is 54.6 Å². The fraction of sp³-hybridized carbons (Fsp3) is 0. The van der Waals surface area contributed by atoms with Gasteiger partial charge in [-0.1, -0.05) is 127 Å². The third kappa shape index (κ3) is 4.21. The van der Waals surface area contributed by atoms with E-state index in [4.69, 9.17) is 8.83 Å². The van der Waals surface area contributed by atoms with Crippen LogP contribution in [-0.2, 0) is 0 Å². The SMILES string of the molecule is Brc1cccc2c1oc1c(-c3ccccc3)cccc12.c1ccc(-c2cccc3c2oc2ccccc23)cc1. The average Bonchev–Trinajstić information content (AvgIpc) is 3.58. The molecule has 0 N–H and O–H groups in total. The molecule has 0 aliphatic rings. The number of benzene rings is 6. The third-order valence-electron chi connectivity index (χ3n) is 7.05. The molecule has 0 atom stereocenters. The number of halogens is 1. The third-order valence-corrected chi connectivity index (χ3v) is 7.67. The largest absolute Gasteiger partial charge is 0.455 e. The lowest BCUT2D eigenvalue weighted by Gasteiger charge is -2.01. The normalized spacial score (nSPS) is 11.2. The molecule has 2 aromatic heterocycles. The molecule has 0 spiro atoms. The van der Waals surface area contributed by atoms with E-state index in [0.29, 0.717) is 0 Å². The van der Waals surface area contributed by atoms with Gasteiger partial charge in [0.15, 0.2) is 0 Å². The van der Waals surface area contributed by atoms with Crippen LogP contribution in [0, 0.1) is 0 Å². The zero-order valence-corrected chi connectivity index (χ0v) is 22.6. The lowest BCUT2D eigenvalue weighted by Crippen LogP contribution is -1.77. The maximum Gasteiger partial charge on any atom is 0.149 e. The molecule has 0 unspecified atom stereocenters. The van der Waals surface area contributed by atoms with E-state index in [1.165, 1.54) is 21.9 Å². The van der Waals surface area contributed by atoms with Gasteiger partial charge in [0.2, 0.25) is 0 Å². The molecule has 3 heteroatoms. The summed E-state index contributed by atoms with van der Waals surface area (Å²) in [7, 11) is 0. The van der Waals surface area contributed by atoms with Crippen LogP contribution in [0.4, 0.5) is 0 Å². The van der Waals surface area contributed by atoms with Crippen molar-refractivity contribution < 1.29 is 8.83 Å². The molecule has 0 aliphatic heterocycles. The quantitative estimate of drug-likeness (QED) is 0.208. The van der Waals surface area contributed by atoms with Crippen molar-refractivity contribution in [2.45, 2.75) is 0 Å². The molecule has 0 saturated heterocycles. The van der Waals surface area contributed by atoms with E-state index in [2.05, 4.69) is 101 Å². The van der Waals surface area contributed by atoms with Crippen molar-refractivity contribution in [3.05, 3.63) is 144 Å². The molecule has 8 aromatic rings. The van der Waals surface area contributed by atoms with Crippen LogP contribution in [0.2, 0.25) is 0 Å². The number of para-hydroxylation sites is 4. The van der Waals surface area contributed by atoms with E-state index >= 15 is 0 Å². The van der Waals surface area contributed by atoms with Crippen LogP contribution in [0.15, 0.2) is 153 Å². The number of hydrogen-bond donors (Lipinski definition) is 0. The molecule has 186 valence electrons. The minimum absolute atomic E-state index is 0.908. The van der Waals surface area contributed by atoms with Crippen LogP contribution in [0.25, 0.3) is 66.1 Å². The van der Waals surface area contributed by atoms with Gasteiger partial charge in [0, 0.05) is 32.7 Å². The molecule has 0 amide bonds. The van der Waals surface area contributed by atoms with Gasteiger partial charge in [-0.15, -0.1) is 0 Å². The van der Waals surface area contributed by atoms with Crippen LogP contribution in [0.5, 0.6) is 0 Å². The van der Waals surface area contributed by atoms with Crippen molar-refractivity contribution in [3.63, 3.8) is 0 Å². The fourth-order valence-corrected chi connectivity index (χ4v) is 5.67. The predicted molar refractivity (Wildman–Crippen MR) is 166 cm³/mol. The summed E-state index contributed by atoms with van der Waals surface area (Å²) in [5.74, 6) is 0. The zero-order chi connectivity index (χ0) is 26.2. The van der Waals surface area contributed by atoms with Gasteiger partial charge in [0.25, 0.3) is 0 Å². The van der Waals surface area contributed by atoms with Crippen LogP contribution in [0.1, 0.15) is 0 Å². The van der Waals surface area contributed by atoms with Gasteiger partial charge >= 0.3 is 0 Å². The molecule has 2 heterocycles. The Morgan fingerprint density at radius 3 is 1.46 bits per heavy atom. The highest BCUT2D eigenvalue weighted by molar-refractivity contribution is 9.10. The smallest absolute Gasteiger partial charge is 0.149 e. The second-order valence-corrected chi connectivity index (χ2v) is 10.3. The molecule has 0 fully saturated rings. The predicted octanol–water partition coefficient (Wildman–Crippen LogP) is 11.3. The Morgan fingerprint density at radius 1 is 0.359 bits per heavy atom. The van der Waals surface area contributed by atoms with Crippen LogP contribution >= 0.6 is 15.9 Å². The van der Waals surface area contributed by atoms with Crippen molar-refractivity contribution in [2.24, 2.45) is 0 Å². The molecular formula is C36H23BrO2. The van der Waals surface area contributed by atoms with Crippen molar-refractivity contribution in [2.75, 3.05) is 0 Å². The summed E-state index contributed by atoms with van der Waals surface area (Å²) < 4.78 is 13.2. The van der Waals surface area contributed by atoms with Crippen molar-refractivity contribution in [3.8, 4) is 22.3 Å². The summed E-state index contributed by atoms with van der Waals surface area (Å²) in [5.41, 5.74) is 8.41. The first-order valence-corrected chi connectivity index (χ1v) is 13.7. The number of hydrogen-bond acceptors (Lipinski definition) is 2. The lowest BCUT2D eigenvalue weighted by atomic mass is 10.0. The van der Waals surface area contributed by atoms with E-state index in [9.17, 15) is 0 Å². The first kappa shape index (κ1) is 23.5. The molecule has 0 radical (unpaired) electrons. The molecule has 39 heavy (non-hydrogen) atoms. The summed E-state index contributed by atoms with van der Waals surface area (Å²) in [6.45, 7) is 0. The lowest BCUT2D eigenvalue weighted by molar-refractivity contribution is 0.668. The Labute approximate surface area is 234 Å². The molecule has 8 rings (SSSR count). The van der Waals surface area contributed by atoms with Gasteiger partial charge in [-0.05, 0) is 39.2 Å². The van der Waals surface area contributed by atoms with E-state index in [0.717, 1.165) is 48.7 Å². The first-order valence-electron chi connectivity index (χ1n) is 12.9. The van der Waals surface area contributed by atoms with Gasteiger partial charge in [-0.2, -0.15) is 0 Å². The summed E-state index contributed by atoms with van der Waals surface area (Å²) in [6.07, 6.45) is 0. The highest BCUT2D eigenvalue weighted by Crippen LogP contribution is 2.38. The summed E-state index contributed by atoms with van der Waals surface area (Å²) in [4.78, 5) is 0. The Morgan fingerprint density at radius 2 is 0.821 bits per heavy atom. The van der Waals surface area contributed by atoms with Crippen LogP contribution < -0.4 is 0 Å². The van der Waals surface area contributed by atoms with Crippen LogP contribution in [0.3, 0.4) is 0 Å². The Hall–Kier alpha value is -4.60. The Kier molecular flexibility index (Phi) is 5.99. The Bertz CT molecular complexity index is 2070.